The molecule has 2 heterocycles. The van der Waals surface area contributed by atoms with E-state index in [0.717, 1.165) is 30.0 Å². The van der Waals surface area contributed by atoms with Crippen LogP contribution in [0.1, 0.15) is 37.4 Å². The topological polar surface area (TPSA) is 75.2 Å². The van der Waals surface area contributed by atoms with Crippen molar-refractivity contribution >= 4 is 15.8 Å². The van der Waals surface area contributed by atoms with Crippen LogP contribution in [0.3, 0.4) is 0 Å². The molecule has 3 rings (SSSR count). The summed E-state index contributed by atoms with van der Waals surface area (Å²) in [6.07, 6.45) is 0.749. The van der Waals surface area contributed by atoms with Gasteiger partial charge in [0.1, 0.15) is 0 Å². The Morgan fingerprint density at radius 2 is 1.84 bits per heavy atom. The summed E-state index contributed by atoms with van der Waals surface area (Å²) in [6, 6.07) is 10.8. The molecule has 1 aliphatic heterocycles. The van der Waals surface area contributed by atoms with Gasteiger partial charge in [0.05, 0.1) is 10.6 Å². The lowest BCUT2D eigenvalue weighted by Crippen LogP contribution is -2.37. The fourth-order valence-corrected chi connectivity index (χ4v) is 4.21. The van der Waals surface area contributed by atoms with E-state index in [0.29, 0.717) is 17.4 Å². The average Bonchev–Trinajstić information content (AvgIpc) is 3.03. The van der Waals surface area contributed by atoms with Gasteiger partial charge in [-0.2, -0.15) is 5.10 Å². The van der Waals surface area contributed by atoms with Crippen LogP contribution >= 0.6 is 0 Å². The maximum absolute atomic E-state index is 12.6. The first kappa shape index (κ1) is 17.8. The van der Waals surface area contributed by atoms with Gasteiger partial charge in [-0.25, -0.2) is 13.1 Å². The Morgan fingerprint density at radius 1 is 1.12 bits per heavy atom. The third-order valence-corrected chi connectivity index (χ3v) is 6.01. The van der Waals surface area contributed by atoms with E-state index in [1.807, 2.05) is 31.2 Å². The fraction of sp³-hybridized carbons (Fsp3) is 0.444. The van der Waals surface area contributed by atoms with Crippen molar-refractivity contribution in [1.29, 1.82) is 0 Å². The molecule has 6 nitrogen and oxygen atoms in total. The normalized spacial score (nSPS) is 18.1. The number of aryl methyl sites for hydroxylation is 1. The number of anilines is 1. The minimum Gasteiger partial charge on any atom is -0.353 e. The summed E-state index contributed by atoms with van der Waals surface area (Å²) in [6.45, 7) is 7.42. The summed E-state index contributed by atoms with van der Waals surface area (Å²) in [5.41, 5.74) is 1.99. The van der Waals surface area contributed by atoms with Gasteiger partial charge in [0, 0.05) is 19.1 Å². The van der Waals surface area contributed by atoms with Crippen LogP contribution < -0.4 is 9.62 Å². The van der Waals surface area contributed by atoms with Crippen LogP contribution in [-0.2, 0) is 10.0 Å². The molecule has 0 aliphatic carbocycles. The number of sulfonamides is 1. The van der Waals surface area contributed by atoms with E-state index in [1.165, 1.54) is 0 Å². The molecular weight excluding hydrogens is 336 g/mol. The van der Waals surface area contributed by atoms with Crippen molar-refractivity contribution in [2.24, 2.45) is 0 Å². The lowest BCUT2D eigenvalue weighted by Gasteiger charge is -2.17. The van der Waals surface area contributed by atoms with E-state index in [2.05, 4.69) is 33.7 Å². The Kier molecular flexibility index (Phi) is 5.06. The second-order valence-electron chi connectivity index (χ2n) is 6.81. The Labute approximate surface area is 149 Å². The SMILES string of the molecule is Cc1ccc(N2CC[C@H](NS(=O)(=O)c3ccc(C(C)C)cc3)C2)nn1. The van der Waals surface area contributed by atoms with Crippen molar-refractivity contribution in [2.45, 2.75) is 44.0 Å². The minimum absolute atomic E-state index is 0.127. The molecule has 1 saturated heterocycles. The zero-order chi connectivity index (χ0) is 18.0. The van der Waals surface area contributed by atoms with Crippen molar-refractivity contribution < 1.29 is 8.42 Å². The molecule has 0 spiro atoms. The highest BCUT2D eigenvalue weighted by Gasteiger charge is 2.28. The molecular formula is C18H24N4O2S. The summed E-state index contributed by atoms with van der Waals surface area (Å²) < 4.78 is 28.0. The predicted molar refractivity (Wildman–Crippen MR) is 98.2 cm³/mol. The summed E-state index contributed by atoms with van der Waals surface area (Å²) in [5.74, 6) is 1.16. The maximum atomic E-state index is 12.6. The zero-order valence-corrected chi connectivity index (χ0v) is 15.6. The molecule has 134 valence electrons. The first-order valence-electron chi connectivity index (χ1n) is 8.53. The smallest absolute Gasteiger partial charge is 0.240 e. The van der Waals surface area contributed by atoms with E-state index in [4.69, 9.17) is 0 Å². The average molecular weight is 360 g/mol. The monoisotopic (exact) mass is 360 g/mol. The molecule has 0 unspecified atom stereocenters. The van der Waals surface area contributed by atoms with Gasteiger partial charge in [0.25, 0.3) is 0 Å². The van der Waals surface area contributed by atoms with Gasteiger partial charge >= 0.3 is 0 Å². The molecule has 7 heteroatoms. The molecule has 1 fully saturated rings. The van der Waals surface area contributed by atoms with Crippen LogP contribution in [0, 0.1) is 6.92 Å². The Bertz CT molecular complexity index is 817. The molecule has 0 amide bonds. The summed E-state index contributed by atoms with van der Waals surface area (Å²) in [7, 11) is -3.51. The van der Waals surface area contributed by atoms with E-state index in [-0.39, 0.29) is 6.04 Å². The third-order valence-electron chi connectivity index (χ3n) is 4.47. The Hall–Kier alpha value is -1.99. The van der Waals surface area contributed by atoms with Gasteiger partial charge in [0.2, 0.25) is 10.0 Å². The second kappa shape index (κ2) is 7.09. The first-order valence-corrected chi connectivity index (χ1v) is 10.0. The van der Waals surface area contributed by atoms with Gasteiger partial charge < -0.3 is 4.90 Å². The molecule has 25 heavy (non-hydrogen) atoms. The standard InChI is InChI=1S/C18H24N4O2S/c1-13(2)15-5-7-17(8-6-15)25(23,24)21-16-10-11-22(12-16)18-9-4-14(3)19-20-18/h4-9,13,16,21H,10-12H2,1-3H3/t16-/m0/s1. The zero-order valence-electron chi connectivity index (χ0n) is 14.8. The highest BCUT2D eigenvalue weighted by atomic mass is 32.2. The van der Waals surface area contributed by atoms with Crippen molar-refractivity contribution in [3.05, 3.63) is 47.7 Å². The van der Waals surface area contributed by atoms with Crippen molar-refractivity contribution in [3.8, 4) is 0 Å². The summed E-state index contributed by atoms with van der Waals surface area (Å²) in [5, 5.41) is 8.24. The maximum Gasteiger partial charge on any atom is 0.240 e. The molecule has 1 N–H and O–H groups in total. The number of benzene rings is 1. The van der Waals surface area contributed by atoms with Crippen LogP contribution in [0.5, 0.6) is 0 Å². The van der Waals surface area contributed by atoms with E-state index in [9.17, 15) is 8.42 Å². The van der Waals surface area contributed by atoms with E-state index < -0.39 is 10.0 Å². The first-order chi connectivity index (χ1) is 11.8. The quantitative estimate of drug-likeness (QED) is 0.886. The molecule has 0 radical (unpaired) electrons. The highest BCUT2D eigenvalue weighted by molar-refractivity contribution is 7.89. The molecule has 2 aromatic rings. The van der Waals surface area contributed by atoms with Crippen molar-refractivity contribution in [1.82, 2.24) is 14.9 Å². The fourth-order valence-electron chi connectivity index (χ4n) is 2.94. The van der Waals surface area contributed by atoms with Gasteiger partial charge in [-0.15, -0.1) is 5.10 Å². The molecule has 1 aromatic carbocycles. The molecule has 1 aromatic heterocycles. The Balaban J connectivity index is 1.66. The molecule has 1 aliphatic rings. The minimum atomic E-state index is -3.51. The van der Waals surface area contributed by atoms with Crippen LogP contribution in [0.4, 0.5) is 5.82 Å². The van der Waals surface area contributed by atoms with Crippen LogP contribution in [0.15, 0.2) is 41.3 Å². The van der Waals surface area contributed by atoms with Crippen LogP contribution in [0.25, 0.3) is 0 Å². The van der Waals surface area contributed by atoms with Gasteiger partial charge in [-0.05, 0) is 49.1 Å². The van der Waals surface area contributed by atoms with Gasteiger partial charge in [-0.3, -0.25) is 0 Å². The molecule has 0 saturated carbocycles. The van der Waals surface area contributed by atoms with E-state index >= 15 is 0 Å². The van der Waals surface area contributed by atoms with E-state index in [1.54, 1.807) is 12.1 Å². The van der Waals surface area contributed by atoms with Gasteiger partial charge in [-0.1, -0.05) is 26.0 Å². The number of rotatable bonds is 5. The Morgan fingerprint density at radius 3 is 2.44 bits per heavy atom. The van der Waals surface area contributed by atoms with Gasteiger partial charge in [0.15, 0.2) is 5.82 Å². The predicted octanol–water partition coefficient (Wildman–Crippen LogP) is 2.47. The summed E-state index contributed by atoms with van der Waals surface area (Å²) >= 11 is 0. The second-order valence-corrected chi connectivity index (χ2v) is 8.52. The van der Waals surface area contributed by atoms with Crippen LogP contribution in [0.2, 0.25) is 0 Å². The molecule has 1 atom stereocenters. The lowest BCUT2D eigenvalue weighted by atomic mass is 10.0. The van der Waals surface area contributed by atoms with Crippen LogP contribution in [-0.4, -0.2) is 37.7 Å². The largest absolute Gasteiger partial charge is 0.353 e. The van der Waals surface area contributed by atoms with Crippen molar-refractivity contribution in [3.63, 3.8) is 0 Å². The number of hydrogen-bond acceptors (Lipinski definition) is 5. The number of aromatic nitrogens is 2. The lowest BCUT2D eigenvalue weighted by molar-refractivity contribution is 0.561. The number of nitrogens with zero attached hydrogens (tertiary/aromatic N) is 3. The summed E-state index contributed by atoms with van der Waals surface area (Å²) in [4.78, 5) is 2.37. The number of hydrogen-bond donors (Lipinski definition) is 1. The number of nitrogens with one attached hydrogen (secondary N) is 1. The van der Waals surface area contributed by atoms with Crippen molar-refractivity contribution in [2.75, 3.05) is 18.0 Å². The molecule has 0 bridgehead atoms. The third kappa shape index (κ3) is 4.16. The highest BCUT2D eigenvalue weighted by Crippen LogP contribution is 2.21.